The molecule has 142 valence electrons. The summed E-state index contributed by atoms with van der Waals surface area (Å²) in [6.45, 7) is 2.00. The van der Waals surface area contributed by atoms with E-state index in [2.05, 4.69) is 26.1 Å². The highest BCUT2D eigenvalue weighted by atomic mass is 32.1. The molecule has 0 spiro atoms. The number of hydrogen-bond acceptors (Lipinski definition) is 8. The van der Waals surface area contributed by atoms with Gasteiger partial charge in [-0.2, -0.15) is 0 Å². The smallest absolute Gasteiger partial charge is 0.315 e. The van der Waals surface area contributed by atoms with Crippen molar-refractivity contribution < 1.29 is 19.3 Å². The first-order chi connectivity index (χ1) is 12.9. The molecule has 0 atom stereocenters. The average molecular weight is 392 g/mol. The molecule has 2 aromatic rings. The number of aryl methyl sites for hydroxylation is 1. The molecular weight excluding hydrogens is 376 g/mol. The zero-order chi connectivity index (χ0) is 19.8. The molecule has 0 saturated carbocycles. The van der Waals surface area contributed by atoms with Crippen LogP contribution >= 0.6 is 11.3 Å². The third-order valence-corrected chi connectivity index (χ3v) is 4.22. The predicted octanol–water partition coefficient (Wildman–Crippen LogP) is 0.493. The van der Waals surface area contributed by atoms with Crippen molar-refractivity contribution in [2.45, 2.75) is 13.3 Å². The quantitative estimate of drug-likeness (QED) is 0.268. The summed E-state index contributed by atoms with van der Waals surface area (Å²) in [5.74, 6) is -2.20. The highest BCUT2D eigenvalue weighted by Gasteiger charge is 2.15. The Morgan fingerprint density at radius 3 is 2.33 bits per heavy atom. The van der Waals surface area contributed by atoms with Crippen molar-refractivity contribution in [1.29, 1.82) is 0 Å². The van der Waals surface area contributed by atoms with Crippen LogP contribution in [0.1, 0.15) is 22.3 Å². The number of nitro benzene ring substituents is 1. The van der Waals surface area contributed by atoms with Crippen LogP contribution in [0.5, 0.6) is 0 Å². The monoisotopic (exact) mass is 392 g/mol. The van der Waals surface area contributed by atoms with Crippen molar-refractivity contribution in [3.63, 3.8) is 0 Å². The number of aromatic nitrogens is 2. The van der Waals surface area contributed by atoms with Crippen molar-refractivity contribution in [2.24, 2.45) is 0 Å². The van der Waals surface area contributed by atoms with E-state index >= 15 is 0 Å². The van der Waals surface area contributed by atoms with Gasteiger partial charge in [0.05, 0.1) is 4.92 Å². The normalized spacial score (nSPS) is 10.1. The van der Waals surface area contributed by atoms with Crippen molar-refractivity contribution in [2.75, 3.05) is 18.4 Å². The zero-order valence-corrected chi connectivity index (χ0v) is 15.0. The summed E-state index contributed by atoms with van der Waals surface area (Å²) in [5, 5.41) is 26.3. The lowest BCUT2D eigenvalue weighted by atomic mass is 10.2. The number of rotatable bonds is 7. The van der Waals surface area contributed by atoms with Crippen LogP contribution in [-0.2, 0) is 16.0 Å². The summed E-state index contributed by atoms with van der Waals surface area (Å²) in [6, 6.07) is 5.09. The van der Waals surface area contributed by atoms with Crippen LogP contribution in [0.25, 0.3) is 0 Å². The first-order valence-corrected chi connectivity index (χ1v) is 8.66. The highest BCUT2D eigenvalue weighted by Crippen LogP contribution is 2.15. The summed E-state index contributed by atoms with van der Waals surface area (Å²) < 4.78 is 0. The van der Waals surface area contributed by atoms with Gasteiger partial charge in [-0.1, -0.05) is 18.3 Å². The lowest BCUT2D eigenvalue weighted by Crippen LogP contribution is -2.40. The van der Waals surface area contributed by atoms with E-state index in [4.69, 9.17) is 0 Å². The molecule has 0 aliphatic heterocycles. The van der Waals surface area contributed by atoms with Crippen LogP contribution in [0.3, 0.4) is 0 Å². The Kier molecular flexibility index (Phi) is 6.88. The van der Waals surface area contributed by atoms with Gasteiger partial charge in [-0.05, 0) is 18.6 Å². The molecule has 27 heavy (non-hydrogen) atoms. The number of carbonyl (C=O) groups excluding carboxylic acids is 3. The minimum absolute atomic E-state index is 0.0291. The molecular formula is C15H16N6O5S. The van der Waals surface area contributed by atoms with Crippen LogP contribution in [0.2, 0.25) is 0 Å². The number of nitrogens with one attached hydrogen (secondary N) is 3. The minimum atomic E-state index is -0.879. The number of non-ortho nitro benzene ring substituents is 1. The first kappa shape index (κ1) is 19.9. The molecule has 1 aromatic heterocycles. The molecule has 11 nitrogen and oxygen atoms in total. The van der Waals surface area contributed by atoms with E-state index in [9.17, 15) is 24.5 Å². The molecule has 0 bridgehead atoms. The lowest BCUT2D eigenvalue weighted by molar-refractivity contribution is -0.384. The number of carbonyl (C=O) groups is 3. The highest BCUT2D eigenvalue weighted by molar-refractivity contribution is 7.15. The van der Waals surface area contributed by atoms with Gasteiger partial charge in [0.15, 0.2) is 0 Å². The fourth-order valence-corrected chi connectivity index (χ4v) is 2.54. The Hall–Kier alpha value is -3.41. The maximum atomic E-state index is 11.9. The number of benzene rings is 1. The maximum absolute atomic E-state index is 11.9. The maximum Gasteiger partial charge on any atom is 0.315 e. The molecule has 1 heterocycles. The summed E-state index contributed by atoms with van der Waals surface area (Å²) in [5.41, 5.74) is 0.124. The standard InChI is InChI=1S/C15H16N6O5S/c1-2-11-19-20-15(27-11)18-14(24)13(23)17-8-7-16-12(22)9-3-5-10(6-4-9)21(25)26/h3-6H,2,7-8H2,1H3,(H,16,22)(H,17,23)(H,18,20,24). The van der Waals surface area contributed by atoms with Crippen LogP contribution < -0.4 is 16.0 Å². The van der Waals surface area contributed by atoms with Crippen molar-refractivity contribution >= 4 is 39.9 Å². The van der Waals surface area contributed by atoms with Crippen LogP contribution in [-0.4, -0.2) is 45.9 Å². The molecule has 12 heteroatoms. The molecule has 0 saturated heterocycles. The van der Waals surface area contributed by atoms with E-state index < -0.39 is 22.6 Å². The molecule has 0 aliphatic carbocycles. The number of anilines is 1. The van der Waals surface area contributed by atoms with E-state index in [1.807, 2.05) is 6.92 Å². The van der Waals surface area contributed by atoms with Crippen molar-refractivity contribution in [3.05, 3.63) is 45.0 Å². The van der Waals surface area contributed by atoms with Gasteiger partial charge < -0.3 is 10.6 Å². The van der Waals surface area contributed by atoms with E-state index in [1.54, 1.807) is 0 Å². The van der Waals surface area contributed by atoms with Crippen LogP contribution in [0, 0.1) is 10.1 Å². The van der Waals surface area contributed by atoms with Crippen LogP contribution in [0.4, 0.5) is 10.8 Å². The first-order valence-electron chi connectivity index (χ1n) is 7.85. The molecule has 0 radical (unpaired) electrons. The van der Waals surface area contributed by atoms with E-state index in [1.165, 1.54) is 35.6 Å². The molecule has 3 N–H and O–H groups in total. The Labute approximate surface area is 157 Å². The van der Waals surface area contributed by atoms with Crippen LogP contribution in [0.15, 0.2) is 24.3 Å². The zero-order valence-electron chi connectivity index (χ0n) is 14.2. The van der Waals surface area contributed by atoms with Gasteiger partial charge in [-0.25, -0.2) is 0 Å². The van der Waals surface area contributed by atoms with Crippen molar-refractivity contribution in [3.8, 4) is 0 Å². The lowest BCUT2D eigenvalue weighted by Gasteiger charge is -2.06. The second-order valence-electron chi connectivity index (χ2n) is 5.12. The number of amides is 3. The Morgan fingerprint density at radius 2 is 1.74 bits per heavy atom. The Morgan fingerprint density at radius 1 is 1.07 bits per heavy atom. The Balaban J connectivity index is 1.71. The fraction of sp³-hybridized carbons (Fsp3) is 0.267. The molecule has 0 aliphatic rings. The largest absolute Gasteiger partial charge is 0.350 e. The molecule has 3 amide bonds. The van der Waals surface area contributed by atoms with Gasteiger partial charge in [0, 0.05) is 30.8 Å². The number of nitrogens with zero attached hydrogens (tertiary/aromatic N) is 3. The van der Waals surface area contributed by atoms with Gasteiger partial charge >= 0.3 is 11.8 Å². The van der Waals surface area contributed by atoms with Gasteiger partial charge in [0.1, 0.15) is 5.01 Å². The second-order valence-corrected chi connectivity index (χ2v) is 6.19. The van der Waals surface area contributed by atoms with Gasteiger partial charge in [0.25, 0.3) is 11.6 Å². The predicted molar refractivity (Wildman–Crippen MR) is 96.4 cm³/mol. The summed E-state index contributed by atoms with van der Waals surface area (Å²) in [4.78, 5) is 45.3. The van der Waals surface area contributed by atoms with Gasteiger partial charge in [0.2, 0.25) is 5.13 Å². The molecule has 0 unspecified atom stereocenters. The number of hydrogen-bond donors (Lipinski definition) is 3. The molecule has 1 aromatic carbocycles. The summed E-state index contributed by atoms with van der Waals surface area (Å²) in [7, 11) is 0. The summed E-state index contributed by atoms with van der Waals surface area (Å²) >= 11 is 1.18. The Bertz CT molecular complexity index is 851. The van der Waals surface area contributed by atoms with E-state index in [0.29, 0.717) is 6.42 Å². The average Bonchev–Trinajstić information content (AvgIpc) is 3.12. The van der Waals surface area contributed by atoms with E-state index in [0.717, 1.165) is 5.01 Å². The van der Waals surface area contributed by atoms with Crippen molar-refractivity contribution in [1.82, 2.24) is 20.8 Å². The third-order valence-electron chi connectivity index (χ3n) is 3.23. The number of nitro groups is 1. The topological polar surface area (TPSA) is 156 Å². The molecule has 0 fully saturated rings. The third kappa shape index (κ3) is 5.81. The molecule has 2 rings (SSSR count). The van der Waals surface area contributed by atoms with Gasteiger partial charge in [-0.15, -0.1) is 10.2 Å². The van der Waals surface area contributed by atoms with Gasteiger partial charge in [-0.3, -0.25) is 29.8 Å². The second kappa shape index (κ2) is 9.33. The van der Waals surface area contributed by atoms with E-state index in [-0.39, 0.29) is 29.5 Å². The summed E-state index contributed by atoms with van der Waals surface area (Å²) in [6.07, 6.45) is 0.675. The SMILES string of the molecule is CCc1nnc(NC(=O)C(=O)NCCNC(=O)c2ccc([N+](=O)[O-])cc2)s1. The fourth-order valence-electron chi connectivity index (χ4n) is 1.87. The minimum Gasteiger partial charge on any atom is -0.350 e.